The Hall–Kier alpha value is -1.95. The summed E-state index contributed by atoms with van der Waals surface area (Å²) in [5.41, 5.74) is 0.475. The number of esters is 1. The fraction of sp³-hybridized carbons (Fsp3) is 0.708. The lowest BCUT2D eigenvalue weighted by Crippen LogP contribution is -2.53. The molecule has 1 saturated carbocycles. The Labute approximate surface area is 178 Å². The van der Waals surface area contributed by atoms with Gasteiger partial charge >= 0.3 is 5.97 Å². The van der Waals surface area contributed by atoms with Crippen LogP contribution < -0.4 is 0 Å². The average Bonchev–Trinajstić information content (AvgIpc) is 2.64. The molecular weight excluding hydrogens is 384 g/mol. The molecule has 0 spiro atoms. The van der Waals surface area contributed by atoms with E-state index in [1.807, 2.05) is 6.92 Å². The molecule has 0 aliphatic heterocycles. The monoisotopic (exact) mass is 418 g/mol. The van der Waals surface area contributed by atoms with E-state index in [2.05, 4.69) is 20.8 Å². The number of hydrogen-bond donors (Lipinski definition) is 1. The van der Waals surface area contributed by atoms with Crippen LogP contribution in [0.2, 0.25) is 0 Å². The molecule has 0 radical (unpaired) electrons. The van der Waals surface area contributed by atoms with E-state index >= 15 is 0 Å². The molecule has 30 heavy (non-hydrogen) atoms. The molecule has 4 atom stereocenters. The van der Waals surface area contributed by atoms with Gasteiger partial charge in [0, 0.05) is 36.0 Å². The van der Waals surface area contributed by atoms with Gasteiger partial charge in [0.2, 0.25) is 11.6 Å². The highest BCUT2D eigenvalue weighted by Gasteiger charge is 2.58. The molecule has 1 N–H and O–H groups in total. The van der Waals surface area contributed by atoms with Gasteiger partial charge in [0.15, 0.2) is 0 Å². The molecule has 0 aromatic heterocycles. The average molecular weight is 419 g/mol. The molecule has 3 aliphatic carbocycles. The Morgan fingerprint density at radius 3 is 2.47 bits per heavy atom. The lowest BCUT2D eigenvalue weighted by molar-refractivity contribution is -0.142. The van der Waals surface area contributed by atoms with Crippen LogP contribution in [0.4, 0.5) is 0 Å². The number of carbonyl (C=O) groups is 3. The summed E-state index contributed by atoms with van der Waals surface area (Å²) in [5, 5.41) is 11.2. The molecule has 3 rings (SSSR count). The maximum atomic E-state index is 13.5. The summed E-state index contributed by atoms with van der Waals surface area (Å²) in [6, 6.07) is 0. The SMILES string of the molecule is CCOC1CC2C(C)(C)CCCC2(C)C2=C1C(O)=C(C(C)COC(C)=O)C(=O)C2=O. The smallest absolute Gasteiger partial charge is 0.302 e. The largest absolute Gasteiger partial charge is 0.507 e. The van der Waals surface area contributed by atoms with Crippen molar-refractivity contribution in [3.05, 3.63) is 22.5 Å². The highest BCUT2D eigenvalue weighted by Crippen LogP contribution is 2.61. The summed E-state index contributed by atoms with van der Waals surface area (Å²) in [6.45, 7) is 11.7. The topological polar surface area (TPSA) is 89.9 Å². The Morgan fingerprint density at radius 2 is 1.87 bits per heavy atom. The summed E-state index contributed by atoms with van der Waals surface area (Å²) in [4.78, 5) is 37.8. The van der Waals surface area contributed by atoms with Crippen LogP contribution in [0.1, 0.15) is 67.2 Å². The second-order valence-corrected chi connectivity index (χ2v) is 9.90. The predicted molar refractivity (Wildman–Crippen MR) is 112 cm³/mol. The lowest BCUT2D eigenvalue weighted by Gasteiger charge is -2.56. The van der Waals surface area contributed by atoms with Gasteiger partial charge in [-0.1, -0.05) is 34.1 Å². The molecule has 166 valence electrons. The third-order valence-electron chi connectivity index (χ3n) is 7.43. The quantitative estimate of drug-likeness (QED) is 0.411. The van der Waals surface area contributed by atoms with E-state index in [0.29, 0.717) is 24.2 Å². The van der Waals surface area contributed by atoms with Crippen molar-refractivity contribution in [3.8, 4) is 0 Å². The van der Waals surface area contributed by atoms with Crippen molar-refractivity contribution in [2.45, 2.75) is 73.3 Å². The Kier molecular flexibility index (Phi) is 6.02. The number of allylic oxidation sites excluding steroid dienone is 1. The zero-order valence-electron chi connectivity index (χ0n) is 19.0. The van der Waals surface area contributed by atoms with Gasteiger partial charge in [-0.2, -0.15) is 0 Å². The van der Waals surface area contributed by atoms with Crippen molar-refractivity contribution in [2.75, 3.05) is 13.2 Å². The molecule has 3 aliphatic rings. The van der Waals surface area contributed by atoms with Crippen LogP contribution in [-0.4, -0.2) is 42.0 Å². The Bertz CT molecular complexity index is 833. The predicted octanol–water partition coefficient (Wildman–Crippen LogP) is 4.09. The highest BCUT2D eigenvalue weighted by molar-refractivity contribution is 6.50. The molecule has 0 aromatic rings. The second-order valence-electron chi connectivity index (χ2n) is 9.90. The maximum Gasteiger partial charge on any atom is 0.302 e. The number of Topliss-reactive ketones (excluding diaryl/α,β-unsaturated/α-hetero) is 2. The van der Waals surface area contributed by atoms with Crippen molar-refractivity contribution >= 4 is 17.5 Å². The van der Waals surface area contributed by atoms with Crippen LogP contribution >= 0.6 is 0 Å². The van der Waals surface area contributed by atoms with Gasteiger partial charge < -0.3 is 14.6 Å². The van der Waals surface area contributed by atoms with Gasteiger partial charge in [-0.05, 0) is 37.5 Å². The summed E-state index contributed by atoms with van der Waals surface area (Å²) in [7, 11) is 0. The van der Waals surface area contributed by atoms with Crippen LogP contribution in [-0.2, 0) is 23.9 Å². The van der Waals surface area contributed by atoms with Crippen molar-refractivity contribution < 1.29 is 29.0 Å². The normalized spacial score (nSPS) is 31.9. The van der Waals surface area contributed by atoms with Crippen LogP contribution in [0.25, 0.3) is 0 Å². The zero-order chi connectivity index (χ0) is 22.4. The molecule has 1 fully saturated rings. The summed E-state index contributed by atoms with van der Waals surface area (Å²) in [5.74, 6) is -2.26. The molecule has 0 heterocycles. The van der Waals surface area contributed by atoms with Crippen molar-refractivity contribution in [2.24, 2.45) is 22.7 Å². The Morgan fingerprint density at radius 1 is 1.20 bits per heavy atom. The molecule has 6 heteroatoms. The third kappa shape index (κ3) is 3.53. The van der Waals surface area contributed by atoms with E-state index in [0.717, 1.165) is 19.3 Å². The van der Waals surface area contributed by atoms with E-state index < -0.39 is 35.0 Å². The zero-order valence-corrected chi connectivity index (χ0v) is 19.0. The molecule has 0 aromatic carbocycles. The second kappa shape index (κ2) is 7.95. The number of ketones is 2. The van der Waals surface area contributed by atoms with Crippen LogP contribution in [0.3, 0.4) is 0 Å². The van der Waals surface area contributed by atoms with E-state index in [1.165, 1.54) is 6.92 Å². The first-order chi connectivity index (χ1) is 14.0. The summed E-state index contributed by atoms with van der Waals surface area (Å²) < 4.78 is 11.1. The van der Waals surface area contributed by atoms with Crippen molar-refractivity contribution in [1.82, 2.24) is 0 Å². The number of ether oxygens (including phenoxy) is 2. The fourth-order valence-corrected chi connectivity index (χ4v) is 6.08. The number of fused-ring (bicyclic) bond motifs is 2. The highest BCUT2D eigenvalue weighted by atomic mass is 16.5. The van der Waals surface area contributed by atoms with Crippen LogP contribution in [0.15, 0.2) is 22.5 Å². The van der Waals surface area contributed by atoms with Gasteiger partial charge in [-0.3, -0.25) is 14.4 Å². The summed E-state index contributed by atoms with van der Waals surface area (Å²) >= 11 is 0. The van der Waals surface area contributed by atoms with Crippen molar-refractivity contribution in [1.29, 1.82) is 0 Å². The van der Waals surface area contributed by atoms with Gasteiger partial charge in [-0.25, -0.2) is 0 Å². The van der Waals surface area contributed by atoms with Crippen LogP contribution in [0.5, 0.6) is 0 Å². The summed E-state index contributed by atoms with van der Waals surface area (Å²) in [6.07, 6.45) is 3.10. The Balaban J connectivity index is 2.18. The van der Waals surface area contributed by atoms with Gasteiger partial charge in [0.1, 0.15) is 5.76 Å². The number of rotatable bonds is 5. The van der Waals surface area contributed by atoms with Gasteiger partial charge in [0.25, 0.3) is 0 Å². The minimum absolute atomic E-state index is 0.00639. The molecule has 6 nitrogen and oxygen atoms in total. The van der Waals surface area contributed by atoms with E-state index in [1.54, 1.807) is 6.92 Å². The molecule has 0 saturated heterocycles. The molecule has 4 unspecified atom stereocenters. The third-order valence-corrected chi connectivity index (χ3v) is 7.43. The lowest BCUT2D eigenvalue weighted by atomic mass is 9.48. The van der Waals surface area contributed by atoms with Gasteiger partial charge in [0.05, 0.1) is 18.3 Å². The van der Waals surface area contributed by atoms with E-state index in [9.17, 15) is 19.5 Å². The number of hydrogen-bond acceptors (Lipinski definition) is 6. The number of aliphatic hydroxyl groups is 1. The standard InChI is InChI=1S/C24H34O6/c1-7-29-15-11-16-23(4,5)9-8-10-24(16,6)19-18(15)20(26)17(21(27)22(19)28)13(2)12-30-14(3)25/h13,15-16,26H,7-12H2,1-6H3. The first-order valence-electron chi connectivity index (χ1n) is 11.0. The molecular formula is C24H34O6. The molecule has 0 amide bonds. The number of carbonyl (C=O) groups excluding carboxylic acids is 3. The molecule has 0 bridgehead atoms. The van der Waals surface area contributed by atoms with E-state index in [-0.39, 0.29) is 29.3 Å². The number of aliphatic hydroxyl groups excluding tert-OH is 1. The first kappa shape index (κ1) is 22.7. The van der Waals surface area contributed by atoms with Crippen molar-refractivity contribution in [3.63, 3.8) is 0 Å². The fourth-order valence-electron chi connectivity index (χ4n) is 6.08. The van der Waals surface area contributed by atoms with Crippen LogP contribution in [0, 0.1) is 22.7 Å². The minimum atomic E-state index is -0.689. The maximum absolute atomic E-state index is 13.5. The van der Waals surface area contributed by atoms with E-state index in [4.69, 9.17) is 9.47 Å². The minimum Gasteiger partial charge on any atom is -0.507 e. The first-order valence-corrected chi connectivity index (χ1v) is 11.0. The van der Waals surface area contributed by atoms with Gasteiger partial charge in [-0.15, -0.1) is 0 Å².